The van der Waals surface area contributed by atoms with Crippen molar-refractivity contribution in [3.8, 4) is 0 Å². The average molecular weight is 568 g/mol. The van der Waals surface area contributed by atoms with Gasteiger partial charge in [-0.15, -0.1) is 0 Å². The van der Waals surface area contributed by atoms with Crippen molar-refractivity contribution in [2.45, 2.75) is 181 Å². The maximum atomic E-state index is 3.76. The van der Waals surface area contributed by atoms with E-state index < -0.39 is 0 Å². The predicted molar refractivity (Wildman–Crippen MR) is 183 cm³/mol. The zero-order chi connectivity index (χ0) is 29.6. The number of rotatable bonds is 33. The molecule has 3 nitrogen and oxygen atoms in total. The maximum absolute atomic E-state index is 3.76. The molecule has 0 atom stereocenters. The molecule has 1 N–H and O–H groups in total. The smallest absolute Gasteiger partial charge is 0.132 e. The summed E-state index contributed by atoms with van der Waals surface area (Å²) < 4.78 is 2.33. The van der Waals surface area contributed by atoms with Crippen molar-refractivity contribution in [1.29, 1.82) is 0 Å². The quantitative estimate of drug-likeness (QED) is 0.0472. The number of quaternary nitrogens is 2. The van der Waals surface area contributed by atoms with Gasteiger partial charge in [-0.05, 0) is 38.5 Å². The van der Waals surface area contributed by atoms with Crippen LogP contribution in [0.15, 0.2) is 0 Å². The molecule has 0 aromatic carbocycles. The van der Waals surface area contributed by atoms with Gasteiger partial charge in [0, 0.05) is 6.54 Å². The largest absolute Gasteiger partial charge is 0.328 e. The molecule has 0 saturated heterocycles. The molecule has 0 aliphatic rings. The minimum atomic E-state index is 1.12. The van der Waals surface area contributed by atoms with Gasteiger partial charge in [-0.3, -0.25) is 5.32 Å². The van der Waals surface area contributed by atoms with E-state index in [1.54, 1.807) is 0 Å². The lowest BCUT2D eigenvalue weighted by molar-refractivity contribution is -0.893. The van der Waals surface area contributed by atoms with E-state index in [9.17, 15) is 0 Å². The second-order valence-electron chi connectivity index (χ2n) is 14.7. The summed E-state index contributed by atoms with van der Waals surface area (Å²) in [6.07, 6.45) is 37.3. The first-order valence-electron chi connectivity index (χ1n) is 18.7. The third-order valence-electron chi connectivity index (χ3n) is 9.14. The normalized spacial score (nSPS) is 12.4. The molecule has 40 heavy (non-hydrogen) atoms. The Balaban J connectivity index is 3.50. The molecular formula is C37H81N3+2. The van der Waals surface area contributed by atoms with Crippen LogP contribution in [0.1, 0.15) is 181 Å². The van der Waals surface area contributed by atoms with Gasteiger partial charge in [0.15, 0.2) is 0 Å². The molecule has 0 aliphatic heterocycles. The number of hydrogen-bond donors (Lipinski definition) is 1. The van der Waals surface area contributed by atoms with Crippen LogP contribution in [-0.4, -0.2) is 70.0 Å². The summed E-state index contributed by atoms with van der Waals surface area (Å²) >= 11 is 0. The van der Waals surface area contributed by atoms with Crippen LogP contribution < -0.4 is 5.32 Å². The molecule has 0 bridgehead atoms. The van der Waals surface area contributed by atoms with Gasteiger partial charge in [0.2, 0.25) is 0 Å². The van der Waals surface area contributed by atoms with Crippen molar-refractivity contribution < 1.29 is 8.97 Å². The molecule has 242 valence electrons. The van der Waals surface area contributed by atoms with Crippen molar-refractivity contribution in [2.24, 2.45) is 0 Å². The van der Waals surface area contributed by atoms with Gasteiger partial charge in [0.25, 0.3) is 0 Å². The molecule has 0 aromatic heterocycles. The zero-order valence-electron chi connectivity index (χ0n) is 29.3. The highest BCUT2D eigenvalue weighted by atomic mass is 15.4. The van der Waals surface area contributed by atoms with Gasteiger partial charge in [-0.2, -0.15) is 0 Å². The summed E-state index contributed by atoms with van der Waals surface area (Å²) in [6.45, 7) is 10.9. The Bertz CT molecular complexity index is 444. The Morgan fingerprint density at radius 2 is 0.600 bits per heavy atom. The molecular weight excluding hydrogens is 486 g/mol. The van der Waals surface area contributed by atoms with Gasteiger partial charge in [-0.25, -0.2) is 0 Å². The number of unbranched alkanes of at least 4 members (excludes halogenated alkanes) is 23. The Kier molecular flexibility index (Phi) is 28.9. The minimum absolute atomic E-state index is 1.12. The van der Waals surface area contributed by atoms with Gasteiger partial charge in [0.1, 0.15) is 6.67 Å². The second kappa shape index (κ2) is 29.0. The lowest BCUT2D eigenvalue weighted by Gasteiger charge is -2.31. The Morgan fingerprint density at radius 1 is 0.325 bits per heavy atom. The SMILES string of the molecule is CCCCCCCCCCCCCC[N+](C)(C)CCCCNC[N+](C)(C)CCCCCCCCCCCCCC. The molecule has 0 unspecified atom stereocenters. The van der Waals surface area contributed by atoms with Gasteiger partial charge in [0.05, 0.1) is 47.8 Å². The molecule has 0 aliphatic carbocycles. The van der Waals surface area contributed by atoms with Crippen molar-refractivity contribution >= 4 is 0 Å². The fourth-order valence-corrected chi connectivity index (χ4v) is 6.12. The standard InChI is InChI=1S/C37H81N3/c1-7-9-11-13-15-17-19-21-23-25-27-30-34-39(3,4)35-32-29-33-38-37-40(5,6)36-31-28-26-24-22-20-18-16-14-12-10-8-2/h38H,7-37H2,1-6H3/q+2. The monoisotopic (exact) mass is 568 g/mol. The van der Waals surface area contributed by atoms with E-state index in [2.05, 4.69) is 47.4 Å². The van der Waals surface area contributed by atoms with Crippen LogP contribution in [0, 0.1) is 0 Å². The summed E-state index contributed by atoms with van der Waals surface area (Å²) in [6, 6.07) is 0. The van der Waals surface area contributed by atoms with E-state index in [1.165, 1.54) is 198 Å². The van der Waals surface area contributed by atoms with E-state index in [0.717, 1.165) is 11.2 Å². The summed E-state index contributed by atoms with van der Waals surface area (Å²) in [5, 5.41) is 3.76. The van der Waals surface area contributed by atoms with E-state index in [4.69, 9.17) is 0 Å². The van der Waals surface area contributed by atoms with Crippen molar-refractivity contribution in [1.82, 2.24) is 5.32 Å². The molecule has 0 fully saturated rings. The highest BCUT2D eigenvalue weighted by molar-refractivity contribution is 4.51. The lowest BCUT2D eigenvalue weighted by atomic mass is 10.1. The molecule has 0 rings (SSSR count). The number of nitrogens with one attached hydrogen (secondary N) is 1. The van der Waals surface area contributed by atoms with E-state index >= 15 is 0 Å². The van der Waals surface area contributed by atoms with Crippen molar-refractivity contribution in [3.63, 3.8) is 0 Å². The van der Waals surface area contributed by atoms with E-state index in [0.29, 0.717) is 0 Å². The highest BCUT2D eigenvalue weighted by Gasteiger charge is 2.15. The topological polar surface area (TPSA) is 12.0 Å². The van der Waals surface area contributed by atoms with Crippen LogP contribution in [0.4, 0.5) is 0 Å². The van der Waals surface area contributed by atoms with E-state index in [-0.39, 0.29) is 0 Å². The van der Waals surface area contributed by atoms with Crippen LogP contribution in [0.2, 0.25) is 0 Å². The molecule has 0 amide bonds. The first kappa shape index (κ1) is 39.9. The molecule has 0 spiro atoms. The average Bonchev–Trinajstić information content (AvgIpc) is 2.91. The van der Waals surface area contributed by atoms with Crippen LogP contribution in [0.5, 0.6) is 0 Å². The minimum Gasteiger partial charge on any atom is -0.328 e. The third-order valence-corrected chi connectivity index (χ3v) is 9.14. The Hall–Kier alpha value is -0.120. The van der Waals surface area contributed by atoms with Crippen molar-refractivity contribution in [2.75, 3.05) is 61.0 Å². The summed E-state index contributed by atoms with van der Waals surface area (Å²) in [7, 11) is 9.70. The van der Waals surface area contributed by atoms with Gasteiger partial charge < -0.3 is 8.97 Å². The molecule has 3 heteroatoms. The van der Waals surface area contributed by atoms with Crippen molar-refractivity contribution in [3.05, 3.63) is 0 Å². The second-order valence-corrected chi connectivity index (χ2v) is 14.7. The lowest BCUT2D eigenvalue weighted by Crippen LogP contribution is -2.47. The summed E-state index contributed by atoms with van der Waals surface area (Å²) in [5.74, 6) is 0. The van der Waals surface area contributed by atoms with Crippen LogP contribution in [0.25, 0.3) is 0 Å². The third kappa shape index (κ3) is 30.8. The first-order chi connectivity index (χ1) is 19.3. The zero-order valence-corrected chi connectivity index (χ0v) is 29.3. The fraction of sp³-hybridized carbons (Fsp3) is 1.00. The van der Waals surface area contributed by atoms with Crippen LogP contribution in [0.3, 0.4) is 0 Å². The first-order valence-corrected chi connectivity index (χ1v) is 18.7. The summed E-state index contributed by atoms with van der Waals surface area (Å²) in [4.78, 5) is 0. The van der Waals surface area contributed by atoms with E-state index in [1.807, 2.05) is 0 Å². The summed E-state index contributed by atoms with van der Waals surface area (Å²) in [5.41, 5.74) is 0. The Labute approximate surface area is 255 Å². The molecule has 0 aromatic rings. The highest BCUT2D eigenvalue weighted by Crippen LogP contribution is 2.14. The van der Waals surface area contributed by atoms with Gasteiger partial charge >= 0.3 is 0 Å². The number of hydrogen-bond acceptors (Lipinski definition) is 1. The molecule has 0 radical (unpaired) electrons. The molecule has 0 saturated carbocycles. The number of nitrogens with zero attached hydrogens (tertiary/aromatic N) is 2. The fourth-order valence-electron chi connectivity index (χ4n) is 6.12. The van der Waals surface area contributed by atoms with Crippen LogP contribution >= 0.6 is 0 Å². The van der Waals surface area contributed by atoms with Gasteiger partial charge in [-0.1, -0.05) is 142 Å². The van der Waals surface area contributed by atoms with Crippen LogP contribution in [-0.2, 0) is 0 Å². The Morgan fingerprint density at radius 3 is 0.950 bits per heavy atom. The predicted octanol–water partition coefficient (Wildman–Crippen LogP) is 10.9. The molecule has 0 heterocycles. The maximum Gasteiger partial charge on any atom is 0.132 e.